The van der Waals surface area contributed by atoms with Crippen molar-refractivity contribution in [2.75, 3.05) is 5.73 Å². The van der Waals surface area contributed by atoms with E-state index in [9.17, 15) is 0 Å². The van der Waals surface area contributed by atoms with Crippen LogP contribution in [-0.4, -0.2) is 10.2 Å². The molecule has 3 N–H and O–H groups in total. The molecule has 1 aromatic carbocycles. The van der Waals surface area contributed by atoms with Crippen LogP contribution in [0.25, 0.3) is 11.3 Å². The topological polar surface area (TPSA) is 54.7 Å². The SMILES string of the molecule is CC(C)Cc1c(N)n[nH]c1-c1cc(Br)cc(Br)c1. The molecule has 2 aromatic rings. The number of nitrogen functional groups attached to an aromatic ring is 1. The van der Waals surface area contributed by atoms with Gasteiger partial charge in [-0.25, -0.2) is 0 Å². The third kappa shape index (κ3) is 2.95. The minimum Gasteiger partial charge on any atom is -0.382 e. The van der Waals surface area contributed by atoms with Gasteiger partial charge in [0.25, 0.3) is 0 Å². The first-order chi connectivity index (χ1) is 8.47. The summed E-state index contributed by atoms with van der Waals surface area (Å²) in [5.41, 5.74) is 9.11. The van der Waals surface area contributed by atoms with Gasteiger partial charge < -0.3 is 5.73 Å². The van der Waals surface area contributed by atoms with Crippen molar-refractivity contribution in [1.82, 2.24) is 10.2 Å². The number of nitrogens with zero attached hydrogens (tertiary/aromatic N) is 1. The standard InChI is InChI=1S/C13H15Br2N3/c1-7(2)3-11-12(17-18-13(11)16)8-4-9(14)6-10(15)5-8/h4-7H,3H2,1-2H3,(H3,16,17,18). The molecule has 0 aliphatic rings. The minimum atomic E-state index is 0.541. The largest absolute Gasteiger partial charge is 0.382 e. The molecule has 18 heavy (non-hydrogen) atoms. The molecule has 5 heteroatoms. The molecule has 0 radical (unpaired) electrons. The van der Waals surface area contributed by atoms with Crippen molar-refractivity contribution in [2.45, 2.75) is 20.3 Å². The van der Waals surface area contributed by atoms with Crippen LogP contribution in [0.2, 0.25) is 0 Å². The van der Waals surface area contributed by atoms with Crippen LogP contribution in [0.4, 0.5) is 5.82 Å². The quantitative estimate of drug-likeness (QED) is 0.839. The smallest absolute Gasteiger partial charge is 0.149 e. The fraction of sp³-hybridized carbons (Fsp3) is 0.308. The summed E-state index contributed by atoms with van der Waals surface area (Å²) in [7, 11) is 0. The number of nitrogens with one attached hydrogen (secondary N) is 1. The first-order valence-corrected chi connectivity index (χ1v) is 7.35. The number of anilines is 1. The fourth-order valence-electron chi connectivity index (χ4n) is 1.93. The Morgan fingerprint density at radius 3 is 2.39 bits per heavy atom. The average molecular weight is 373 g/mol. The number of aromatic nitrogens is 2. The van der Waals surface area contributed by atoms with Gasteiger partial charge in [-0.1, -0.05) is 45.7 Å². The maximum atomic E-state index is 5.94. The van der Waals surface area contributed by atoms with Gasteiger partial charge in [0.15, 0.2) is 0 Å². The number of rotatable bonds is 3. The Balaban J connectivity index is 2.50. The first kappa shape index (κ1) is 13.6. The first-order valence-electron chi connectivity index (χ1n) is 5.76. The Bertz CT molecular complexity index is 541. The van der Waals surface area contributed by atoms with Gasteiger partial charge in [-0.05, 0) is 30.5 Å². The zero-order valence-electron chi connectivity index (χ0n) is 10.3. The van der Waals surface area contributed by atoms with E-state index in [0.29, 0.717) is 11.7 Å². The van der Waals surface area contributed by atoms with Crippen LogP contribution < -0.4 is 5.73 Å². The number of hydrogen-bond acceptors (Lipinski definition) is 2. The lowest BCUT2D eigenvalue weighted by Gasteiger charge is -2.08. The predicted octanol–water partition coefficient (Wildman–Crippen LogP) is 4.38. The van der Waals surface area contributed by atoms with E-state index in [4.69, 9.17) is 5.73 Å². The molecular formula is C13H15Br2N3. The summed E-state index contributed by atoms with van der Waals surface area (Å²) < 4.78 is 2.05. The van der Waals surface area contributed by atoms with Crippen molar-refractivity contribution < 1.29 is 0 Å². The van der Waals surface area contributed by atoms with Gasteiger partial charge in [0, 0.05) is 20.1 Å². The monoisotopic (exact) mass is 371 g/mol. The zero-order chi connectivity index (χ0) is 13.3. The van der Waals surface area contributed by atoms with Crippen LogP contribution in [0.3, 0.4) is 0 Å². The van der Waals surface area contributed by atoms with Crippen molar-refractivity contribution in [3.63, 3.8) is 0 Å². The molecule has 0 amide bonds. The average Bonchev–Trinajstić information content (AvgIpc) is 2.58. The number of halogens is 2. The molecule has 0 unspecified atom stereocenters. The summed E-state index contributed by atoms with van der Waals surface area (Å²) in [4.78, 5) is 0. The van der Waals surface area contributed by atoms with Crippen LogP contribution in [-0.2, 0) is 6.42 Å². The van der Waals surface area contributed by atoms with E-state index in [1.54, 1.807) is 0 Å². The summed E-state index contributed by atoms with van der Waals surface area (Å²) in [6.45, 7) is 4.35. The predicted molar refractivity (Wildman–Crippen MR) is 82.4 cm³/mol. The summed E-state index contributed by atoms with van der Waals surface area (Å²) in [6.07, 6.45) is 0.918. The molecule has 0 spiro atoms. The summed E-state index contributed by atoms with van der Waals surface area (Å²) in [5, 5.41) is 7.16. The van der Waals surface area contributed by atoms with Crippen molar-refractivity contribution in [3.05, 3.63) is 32.7 Å². The molecule has 1 heterocycles. The van der Waals surface area contributed by atoms with Gasteiger partial charge in [0.05, 0.1) is 5.69 Å². The number of nitrogens with two attached hydrogens (primary N) is 1. The van der Waals surface area contributed by atoms with Gasteiger partial charge in [-0.3, -0.25) is 5.10 Å². The molecule has 0 fully saturated rings. The van der Waals surface area contributed by atoms with E-state index >= 15 is 0 Å². The van der Waals surface area contributed by atoms with Crippen LogP contribution in [0.5, 0.6) is 0 Å². The van der Waals surface area contributed by atoms with Gasteiger partial charge in [-0.15, -0.1) is 0 Å². The summed E-state index contributed by atoms with van der Waals surface area (Å²) in [5.74, 6) is 1.13. The second-order valence-electron chi connectivity index (χ2n) is 4.72. The van der Waals surface area contributed by atoms with Crippen molar-refractivity contribution >= 4 is 37.7 Å². The maximum Gasteiger partial charge on any atom is 0.149 e. The molecule has 0 bridgehead atoms. The molecule has 0 saturated carbocycles. The van der Waals surface area contributed by atoms with Crippen molar-refractivity contribution in [1.29, 1.82) is 0 Å². The Hall–Kier alpha value is -0.810. The van der Waals surface area contributed by atoms with E-state index in [-0.39, 0.29) is 0 Å². The molecular weight excluding hydrogens is 358 g/mol. The highest BCUT2D eigenvalue weighted by molar-refractivity contribution is 9.11. The highest BCUT2D eigenvalue weighted by Gasteiger charge is 2.14. The molecule has 2 rings (SSSR count). The number of hydrogen-bond donors (Lipinski definition) is 2. The molecule has 3 nitrogen and oxygen atoms in total. The van der Waals surface area contributed by atoms with Gasteiger partial charge in [0.1, 0.15) is 5.82 Å². The molecule has 0 saturated heterocycles. The molecule has 0 atom stereocenters. The summed E-state index contributed by atoms with van der Waals surface area (Å²) in [6, 6.07) is 6.12. The normalized spacial score (nSPS) is 11.2. The third-order valence-electron chi connectivity index (χ3n) is 2.66. The lowest BCUT2D eigenvalue weighted by atomic mass is 9.99. The van der Waals surface area contributed by atoms with Crippen LogP contribution in [0, 0.1) is 5.92 Å². The molecule has 1 aromatic heterocycles. The highest BCUT2D eigenvalue weighted by atomic mass is 79.9. The summed E-state index contributed by atoms with van der Waals surface area (Å²) >= 11 is 6.99. The Kier molecular flexibility index (Phi) is 4.12. The zero-order valence-corrected chi connectivity index (χ0v) is 13.5. The van der Waals surface area contributed by atoms with E-state index in [1.165, 1.54) is 0 Å². The minimum absolute atomic E-state index is 0.541. The van der Waals surface area contributed by atoms with E-state index in [0.717, 1.165) is 32.2 Å². The van der Waals surface area contributed by atoms with E-state index in [1.807, 2.05) is 6.07 Å². The Morgan fingerprint density at radius 1 is 1.22 bits per heavy atom. The molecule has 96 valence electrons. The Labute approximate surface area is 123 Å². The number of aromatic amines is 1. The lowest BCUT2D eigenvalue weighted by Crippen LogP contribution is -1.99. The van der Waals surface area contributed by atoms with Crippen LogP contribution in [0.1, 0.15) is 19.4 Å². The maximum absolute atomic E-state index is 5.94. The van der Waals surface area contributed by atoms with Gasteiger partial charge >= 0.3 is 0 Å². The van der Waals surface area contributed by atoms with Gasteiger partial charge in [-0.2, -0.15) is 5.10 Å². The second kappa shape index (κ2) is 5.45. The second-order valence-corrected chi connectivity index (χ2v) is 6.55. The van der Waals surface area contributed by atoms with E-state index < -0.39 is 0 Å². The highest BCUT2D eigenvalue weighted by Crippen LogP contribution is 2.31. The Morgan fingerprint density at radius 2 is 1.83 bits per heavy atom. The third-order valence-corrected chi connectivity index (χ3v) is 3.58. The number of H-pyrrole nitrogens is 1. The molecule has 0 aliphatic carbocycles. The molecule has 0 aliphatic heterocycles. The fourth-order valence-corrected chi connectivity index (χ4v) is 3.22. The van der Waals surface area contributed by atoms with Crippen molar-refractivity contribution in [2.24, 2.45) is 5.92 Å². The van der Waals surface area contributed by atoms with Crippen LogP contribution >= 0.6 is 31.9 Å². The van der Waals surface area contributed by atoms with Crippen LogP contribution in [0.15, 0.2) is 27.1 Å². The van der Waals surface area contributed by atoms with E-state index in [2.05, 4.69) is 68.0 Å². The van der Waals surface area contributed by atoms with Gasteiger partial charge in [0.2, 0.25) is 0 Å². The number of benzene rings is 1. The van der Waals surface area contributed by atoms with Crippen molar-refractivity contribution in [3.8, 4) is 11.3 Å². The lowest BCUT2D eigenvalue weighted by molar-refractivity contribution is 0.649.